The highest BCUT2D eigenvalue weighted by atomic mass is 32.1. The predicted octanol–water partition coefficient (Wildman–Crippen LogP) is 15.6. The SMILES string of the molecule is c1ccc(-n2c3ccccc3c3ccc4c5cc(-c6c7ccccc7c(-c7cccc(-c8cccc9ccccc89)c7)c7ccccc67)ccc5sc4c32)cc1. The molecular formula is C54H33NS. The normalized spacial score (nSPS) is 11.9. The zero-order valence-corrected chi connectivity index (χ0v) is 31.2. The Morgan fingerprint density at radius 1 is 0.339 bits per heavy atom. The van der Waals surface area contributed by atoms with Crippen LogP contribution in [0, 0.1) is 0 Å². The summed E-state index contributed by atoms with van der Waals surface area (Å²) in [6.45, 7) is 0. The van der Waals surface area contributed by atoms with Gasteiger partial charge >= 0.3 is 0 Å². The third kappa shape index (κ3) is 4.60. The summed E-state index contributed by atoms with van der Waals surface area (Å²) in [5, 5.41) is 12.8. The molecule has 0 amide bonds. The van der Waals surface area contributed by atoms with Crippen LogP contribution in [-0.4, -0.2) is 4.57 Å². The number of nitrogens with zero attached hydrogens (tertiary/aromatic N) is 1. The molecule has 0 spiro atoms. The molecule has 260 valence electrons. The Morgan fingerprint density at radius 3 is 1.66 bits per heavy atom. The highest BCUT2D eigenvalue weighted by molar-refractivity contribution is 7.26. The zero-order valence-electron chi connectivity index (χ0n) is 30.4. The van der Waals surface area contributed by atoms with Gasteiger partial charge in [-0.05, 0) is 102 Å². The number of para-hydroxylation sites is 2. The van der Waals surface area contributed by atoms with E-state index in [1.54, 1.807) is 0 Å². The molecule has 1 nitrogen and oxygen atoms in total. The van der Waals surface area contributed by atoms with Gasteiger partial charge in [0.15, 0.2) is 0 Å². The van der Waals surface area contributed by atoms with Crippen molar-refractivity contribution in [3.05, 3.63) is 200 Å². The summed E-state index contributed by atoms with van der Waals surface area (Å²) < 4.78 is 5.08. The van der Waals surface area contributed by atoms with Crippen molar-refractivity contribution in [2.75, 3.05) is 0 Å². The van der Waals surface area contributed by atoms with Crippen molar-refractivity contribution in [2.45, 2.75) is 0 Å². The number of rotatable bonds is 4. The van der Waals surface area contributed by atoms with Crippen LogP contribution in [0.25, 0.3) is 113 Å². The number of hydrogen-bond donors (Lipinski definition) is 0. The third-order valence-electron chi connectivity index (χ3n) is 11.8. The van der Waals surface area contributed by atoms with E-state index in [0.717, 1.165) is 0 Å². The molecule has 0 aliphatic carbocycles. The average molecular weight is 728 g/mol. The largest absolute Gasteiger partial charge is 0.308 e. The molecule has 0 bridgehead atoms. The van der Waals surface area contributed by atoms with Crippen LogP contribution in [-0.2, 0) is 0 Å². The minimum absolute atomic E-state index is 1.19. The van der Waals surface area contributed by atoms with Crippen molar-refractivity contribution in [2.24, 2.45) is 0 Å². The Balaban J connectivity index is 1.09. The molecule has 12 aromatic rings. The van der Waals surface area contributed by atoms with Crippen molar-refractivity contribution < 1.29 is 0 Å². The topological polar surface area (TPSA) is 4.93 Å². The van der Waals surface area contributed by atoms with E-state index in [-0.39, 0.29) is 0 Å². The standard InChI is InChI=1S/C54H33NS/c1-2-18-38(19-3-1)55-49-27-11-10-21-41(49)46-29-30-47-48-33-37(28-31-50(48)56-54(47)53(46)55)52-44-24-8-6-22-42(44)51(43-23-7-9-25-45(43)52)36-17-12-16-35(32-36)40-26-13-15-34-14-4-5-20-39(34)40/h1-33H. The maximum Gasteiger partial charge on any atom is 0.0719 e. The van der Waals surface area contributed by atoms with Crippen LogP contribution in [0.15, 0.2) is 200 Å². The third-order valence-corrected chi connectivity index (χ3v) is 13.0. The van der Waals surface area contributed by atoms with Crippen LogP contribution in [0.3, 0.4) is 0 Å². The van der Waals surface area contributed by atoms with Gasteiger partial charge in [-0.2, -0.15) is 0 Å². The van der Waals surface area contributed by atoms with Crippen molar-refractivity contribution in [3.63, 3.8) is 0 Å². The Morgan fingerprint density at radius 2 is 0.911 bits per heavy atom. The van der Waals surface area contributed by atoms with Crippen LogP contribution in [0.2, 0.25) is 0 Å². The minimum Gasteiger partial charge on any atom is -0.308 e. The molecule has 0 N–H and O–H groups in total. The second-order valence-electron chi connectivity index (χ2n) is 14.8. The van der Waals surface area contributed by atoms with Gasteiger partial charge in [0.25, 0.3) is 0 Å². The molecule has 2 heterocycles. The van der Waals surface area contributed by atoms with Crippen LogP contribution >= 0.6 is 11.3 Å². The first-order valence-electron chi connectivity index (χ1n) is 19.3. The van der Waals surface area contributed by atoms with E-state index < -0.39 is 0 Å². The fourth-order valence-electron chi connectivity index (χ4n) is 9.35. The van der Waals surface area contributed by atoms with Crippen LogP contribution in [0.1, 0.15) is 0 Å². The first-order chi connectivity index (χ1) is 27.8. The minimum atomic E-state index is 1.19. The van der Waals surface area contributed by atoms with Crippen molar-refractivity contribution in [3.8, 4) is 39.1 Å². The highest BCUT2D eigenvalue weighted by Gasteiger charge is 2.20. The van der Waals surface area contributed by atoms with E-state index in [2.05, 4.69) is 205 Å². The Hall–Kier alpha value is -7.00. The van der Waals surface area contributed by atoms with E-state index in [4.69, 9.17) is 0 Å². The Labute approximate surface area is 327 Å². The van der Waals surface area contributed by atoms with Crippen LogP contribution in [0.5, 0.6) is 0 Å². The van der Waals surface area contributed by atoms with Crippen molar-refractivity contribution in [1.82, 2.24) is 4.57 Å². The van der Waals surface area contributed by atoms with Gasteiger partial charge in [0, 0.05) is 31.9 Å². The van der Waals surface area contributed by atoms with E-state index in [1.165, 1.54) is 113 Å². The van der Waals surface area contributed by atoms with Gasteiger partial charge in [0.05, 0.1) is 15.7 Å². The predicted molar refractivity (Wildman–Crippen MR) is 242 cm³/mol. The maximum absolute atomic E-state index is 2.46. The lowest BCUT2D eigenvalue weighted by Gasteiger charge is -2.18. The summed E-state index contributed by atoms with van der Waals surface area (Å²) in [7, 11) is 0. The summed E-state index contributed by atoms with van der Waals surface area (Å²) in [6.07, 6.45) is 0. The fraction of sp³-hybridized carbons (Fsp3) is 0. The summed E-state index contributed by atoms with van der Waals surface area (Å²) >= 11 is 1.91. The van der Waals surface area contributed by atoms with Crippen LogP contribution < -0.4 is 0 Å². The zero-order chi connectivity index (χ0) is 36.7. The van der Waals surface area contributed by atoms with E-state index >= 15 is 0 Å². The molecular weight excluding hydrogens is 695 g/mol. The van der Waals surface area contributed by atoms with Gasteiger partial charge in [0.2, 0.25) is 0 Å². The highest BCUT2D eigenvalue weighted by Crippen LogP contribution is 2.48. The molecule has 0 radical (unpaired) electrons. The van der Waals surface area contributed by atoms with E-state index in [1.807, 2.05) is 11.3 Å². The molecule has 0 aliphatic rings. The number of thiophene rings is 1. The lowest BCUT2D eigenvalue weighted by atomic mass is 9.85. The molecule has 0 saturated heterocycles. The maximum atomic E-state index is 2.46. The van der Waals surface area contributed by atoms with E-state index in [9.17, 15) is 0 Å². The summed E-state index contributed by atoms with van der Waals surface area (Å²) in [5.74, 6) is 0. The van der Waals surface area contributed by atoms with Gasteiger partial charge in [0.1, 0.15) is 0 Å². The Kier molecular flexibility index (Phi) is 6.87. The lowest BCUT2D eigenvalue weighted by Crippen LogP contribution is -1.92. The van der Waals surface area contributed by atoms with Gasteiger partial charge in [-0.15, -0.1) is 11.3 Å². The smallest absolute Gasteiger partial charge is 0.0719 e. The van der Waals surface area contributed by atoms with Gasteiger partial charge in [-0.1, -0.05) is 164 Å². The number of benzene rings is 10. The lowest BCUT2D eigenvalue weighted by molar-refractivity contribution is 1.19. The molecule has 0 unspecified atom stereocenters. The molecule has 0 saturated carbocycles. The Bertz CT molecular complexity index is 3470. The molecule has 0 aliphatic heterocycles. The first-order valence-corrected chi connectivity index (χ1v) is 20.1. The first kappa shape index (κ1) is 31.4. The van der Waals surface area contributed by atoms with Crippen LogP contribution in [0.4, 0.5) is 0 Å². The molecule has 10 aromatic carbocycles. The molecule has 0 fully saturated rings. The van der Waals surface area contributed by atoms with Gasteiger partial charge in [-0.25, -0.2) is 0 Å². The van der Waals surface area contributed by atoms with Crippen molar-refractivity contribution >= 4 is 85.6 Å². The average Bonchev–Trinajstić information content (AvgIpc) is 3.81. The van der Waals surface area contributed by atoms with Gasteiger partial charge in [-0.3, -0.25) is 0 Å². The number of hydrogen-bond acceptors (Lipinski definition) is 1. The number of aromatic nitrogens is 1. The molecule has 0 atom stereocenters. The molecule has 2 aromatic heterocycles. The molecule has 12 rings (SSSR count). The van der Waals surface area contributed by atoms with Crippen molar-refractivity contribution in [1.29, 1.82) is 0 Å². The summed E-state index contributed by atoms with van der Waals surface area (Å²) in [6, 6.07) is 73.9. The second kappa shape index (κ2) is 12.3. The van der Waals surface area contributed by atoms with E-state index in [0.29, 0.717) is 0 Å². The summed E-state index contributed by atoms with van der Waals surface area (Å²) in [4.78, 5) is 0. The monoisotopic (exact) mass is 727 g/mol. The van der Waals surface area contributed by atoms with Gasteiger partial charge < -0.3 is 4.57 Å². The molecule has 2 heteroatoms. The molecule has 56 heavy (non-hydrogen) atoms. The summed E-state index contributed by atoms with van der Waals surface area (Å²) in [5.41, 5.74) is 11.2. The number of fused-ring (bicyclic) bond motifs is 10. The fourth-order valence-corrected chi connectivity index (χ4v) is 10.6. The second-order valence-corrected chi connectivity index (χ2v) is 15.8. The quantitative estimate of drug-likeness (QED) is 0.159.